The van der Waals surface area contributed by atoms with Crippen LogP contribution in [0.15, 0.2) is 48.6 Å². The molecule has 1 aromatic carbocycles. The van der Waals surface area contributed by atoms with Crippen molar-refractivity contribution in [2.75, 3.05) is 6.26 Å². The first-order chi connectivity index (χ1) is 7.92. The normalized spacial score (nSPS) is 24.5. The number of nitrogens with two attached hydrogens (primary N) is 1. The molecule has 1 unspecified atom stereocenters. The minimum absolute atomic E-state index is 0.312. The summed E-state index contributed by atoms with van der Waals surface area (Å²) in [5.74, 6) is 0. The van der Waals surface area contributed by atoms with E-state index < -0.39 is 14.7 Å². The summed E-state index contributed by atoms with van der Waals surface area (Å²) >= 11 is 0. The highest BCUT2D eigenvalue weighted by Crippen LogP contribution is 2.31. The van der Waals surface area contributed by atoms with Crippen molar-refractivity contribution >= 4 is 15.4 Å². The van der Waals surface area contributed by atoms with Crippen LogP contribution < -0.4 is 5.73 Å². The molecule has 17 heavy (non-hydrogen) atoms. The van der Waals surface area contributed by atoms with Crippen molar-refractivity contribution in [3.8, 4) is 0 Å². The first-order valence-electron chi connectivity index (χ1n) is 5.35. The molecule has 0 spiro atoms. The summed E-state index contributed by atoms with van der Waals surface area (Å²) in [5.41, 5.74) is 7.90. The summed E-state index contributed by atoms with van der Waals surface area (Å²) in [7, 11) is -3.32. The molecule has 0 amide bonds. The van der Waals surface area contributed by atoms with E-state index in [-0.39, 0.29) is 0 Å². The van der Waals surface area contributed by atoms with Crippen LogP contribution in [0.3, 0.4) is 0 Å². The Kier molecular flexibility index (Phi) is 2.93. The Hall–Kier alpha value is -1.39. The first kappa shape index (κ1) is 12.1. The Bertz CT molecular complexity index is 573. The van der Waals surface area contributed by atoms with E-state index in [4.69, 9.17) is 5.73 Å². The standard InChI is InChI=1S/C13H15NO2S/c1-17(15,16)13(14)9-5-8-12(10-13)11-6-3-2-4-7-11/h2-9H,10,14H2,1H3. The molecule has 1 aliphatic rings. The zero-order chi connectivity index (χ0) is 12.5. The predicted octanol–water partition coefficient (Wildman–Crippen LogP) is 1.73. The molecule has 3 nitrogen and oxygen atoms in total. The van der Waals surface area contributed by atoms with Crippen LogP contribution in [0.4, 0.5) is 0 Å². The summed E-state index contributed by atoms with van der Waals surface area (Å²) in [6.45, 7) is 0. The summed E-state index contributed by atoms with van der Waals surface area (Å²) < 4.78 is 23.4. The van der Waals surface area contributed by atoms with Crippen molar-refractivity contribution in [1.82, 2.24) is 0 Å². The van der Waals surface area contributed by atoms with Gasteiger partial charge in [-0.25, -0.2) is 8.42 Å². The second-order valence-corrected chi connectivity index (χ2v) is 6.63. The van der Waals surface area contributed by atoms with Gasteiger partial charge in [0, 0.05) is 12.7 Å². The number of hydrogen-bond donors (Lipinski definition) is 1. The quantitative estimate of drug-likeness (QED) is 0.868. The molecule has 1 atom stereocenters. The molecule has 2 rings (SSSR count). The highest BCUT2D eigenvalue weighted by atomic mass is 32.2. The lowest BCUT2D eigenvalue weighted by Gasteiger charge is -2.27. The Morgan fingerprint density at radius 1 is 1.24 bits per heavy atom. The van der Waals surface area contributed by atoms with E-state index in [0.29, 0.717) is 6.42 Å². The molecule has 0 aromatic heterocycles. The Morgan fingerprint density at radius 2 is 1.88 bits per heavy atom. The molecular formula is C13H15NO2S. The van der Waals surface area contributed by atoms with Gasteiger partial charge in [-0.2, -0.15) is 0 Å². The molecule has 1 aliphatic carbocycles. The molecule has 0 radical (unpaired) electrons. The highest BCUT2D eigenvalue weighted by molar-refractivity contribution is 7.92. The van der Waals surface area contributed by atoms with Gasteiger partial charge in [-0.3, -0.25) is 0 Å². The van der Waals surface area contributed by atoms with Gasteiger partial charge in [-0.05, 0) is 17.2 Å². The topological polar surface area (TPSA) is 60.2 Å². The fourth-order valence-electron chi connectivity index (χ4n) is 1.85. The number of benzene rings is 1. The van der Waals surface area contributed by atoms with Crippen LogP contribution in [-0.2, 0) is 9.84 Å². The Labute approximate surface area is 102 Å². The van der Waals surface area contributed by atoms with E-state index in [0.717, 1.165) is 11.1 Å². The molecule has 0 bridgehead atoms. The lowest BCUT2D eigenvalue weighted by atomic mass is 9.94. The van der Waals surface area contributed by atoms with E-state index >= 15 is 0 Å². The molecule has 2 N–H and O–H groups in total. The highest BCUT2D eigenvalue weighted by Gasteiger charge is 2.36. The van der Waals surface area contributed by atoms with Gasteiger partial charge in [-0.15, -0.1) is 0 Å². The smallest absolute Gasteiger partial charge is 0.170 e. The molecule has 0 aliphatic heterocycles. The van der Waals surface area contributed by atoms with Gasteiger partial charge in [0.2, 0.25) is 0 Å². The maximum absolute atomic E-state index is 11.7. The second kappa shape index (κ2) is 4.13. The Balaban J connectivity index is 2.37. The van der Waals surface area contributed by atoms with Crippen molar-refractivity contribution in [2.45, 2.75) is 11.3 Å². The second-order valence-electron chi connectivity index (χ2n) is 4.32. The van der Waals surface area contributed by atoms with Crippen LogP contribution in [0.25, 0.3) is 5.57 Å². The number of rotatable bonds is 2. The monoisotopic (exact) mass is 249 g/mol. The summed E-state index contributed by atoms with van der Waals surface area (Å²) in [6, 6.07) is 9.68. The lowest BCUT2D eigenvalue weighted by molar-refractivity contribution is 0.564. The fourth-order valence-corrected chi connectivity index (χ4v) is 2.59. The molecule has 90 valence electrons. The van der Waals surface area contributed by atoms with Crippen LogP contribution in [0.1, 0.15) is 12.0 Å². The Morgan fingerprint density at radius 3 is 2.47 bits per heavy atom. The van der Waals surface area contributed by atoms with Gasteiger partial charge in [0.25, 0.3) is 0 Å². The van der Waals surface area contributed by atoms with E-state index in [1.165, 1.54) is 6.26 Å². The van der Waals surface area contributed by atoms with E-state index in [2.05, 4.69) is 0 Å². The third kappa shape index (κ3) is 2.33. The zero-order valence-corrected chi connectivity index (χ0v) is 10.4. The zero-order valence-electron chi connectivity index (χ0n) is 9.63. The molecule has 0 heterocycles. The average Bonchev–Trinajstić information content (AvgIpc) is 2.29. The van der Waals surface area contributed by atoms with Crippen LogP contribution in [0.2, 0.25) is 0 Å². The SMILES string of the molecule is CS(=O)(=O)C1(N)C=CC=C(c2ccccc2)C1. The van der Waals surface area contributed by atoms with Crippen molar-refractivity contribution < 1.29 is 8.42 Å². The van der Waals surface area contributed by atoms with Crippen LogP contribution in [0.5, 0.6) is 0 Å². The van der Waals surface area contributed by atoms with Gasteiger partial charge >= 0.3 is 0 Å². The number of hydrogen-bond acceptors (Lipinski definition) is 3. The fraction of sp³-hybridized carbons (Fsp3) is 0.231. The average molecular weight is 249 g/mol. The largest absolute Gasteiger partial charge is 0.309 e. The molecule has 0 fully saturated rings. The molecule has 4 heteroatoms. The van der Waals surface area contributed by atoms with Crippen LogP contribution in [-0.4, -0.2) is 19.5 Å². The van der Waals surface area contributed by atoms with Crippen LogP contribution >= 0.6 is 0 Å². The van der Waals surface area contributed by atoms with Crippen LogP contribution in [0, 0.1) is 0 Å². The lowest BCUT2D eigenvalue weighted by Crippen LogP contribution is -2.46. The van der Waals surface area contributed by atoms with Gasteiger partial charge in [0.05, 0.1) is 0 Å². The maximum atomic E-state index is 11.7. The maximum Gasteiger partial charge on any atom is 0.170 e. The van der Waals surface area contributed by atoms with Gasteiger partial charge in [0.1, 0.15) is 4.87 Å². The summed E-state index contributed by atoms with van der Waals surface area (Å²) in [5, 5.41) is 0. The van der Waals surface area contributed by atoms with E-state index in [1.54, 1.807) is 12.2 Å². The van der Waals surface area contributed by atoms with E-state index in [1.807, 2.05) is 36.4 Å². The van der Waals surface area contributed by atoms with Crippen molar-refractivity contribution in [3.05, 3.63) is 54.1 Å². The molecular weight excluding hydrogens is 234 g/mol. The van der Waals surface area contributed by atoms with E-state index in [9.17, 15) is 8.42 Å². The summed E-state index contributed by atoms with van der Waals surface area (Å²) in [6.07, 6.45) is 6.66. The first-order valence-corrected chi connectivity index (χ1v) is 7.24. The summed E-state index contributed by atoms with van der Waals surface area (Å²) in [4.78, 5) is -1.28. The molecule has 1 aromatic rings. The van der Waals surface area contributed by atoms with Gasteiger partial charge < -0.3 is 5.73 Å². The van der Waals surface area contributed by atoms with Crippen molar-refractivity contribution in [2.24, 2.45) is 5.73 Å². The number of sulfone groups is 1. The minimum Gasteiger partial charge on any atom is -0.309 e. The van der Waals surface area contributed by atoms with Gasteiger partial charge in [-0.1, -0.05) is 42.5 Å². The third-order valence-electron chi connectivity index (χ3n) is 2.98. The van der Waals surface area contributed by atoms with Crippen molar-refractivity contribution in [3.63, 3.8) is 0 Å². The molecule has 0 saturated heterocycles. The van der Waals surface area contributed by atoms with Gasteiger partial charge in [0.15, 0.2) is 9.84 Å². The minimum atomic E-state index is -3.32. The molecule has 0 saturated carbocycles. The van der Waals surface area contributed by atoms with Crippen molar-refractivity contribution in [1.29, 1.82) is 0 Å². The third-order valence-corrected chi connectivity index (χ3v) is 4.64. The predicted molar refractivity (Wildman–Crippen MR) is 69.9 cm³/mol. The number of allylic oxidation sites excluding steroid dienone is 2.